The molecule has 0 saturated carbocycles. The molecule has 2 aliphatic heterocycles. The van der Waals surface area contributed by atoms with Gasteiger partial charge in [0.15, 0.2) is 0 Å². The van der Waals surface area contributed by atoms with E-state index < -0.39 is 10.0 Å². The van der Waals surface area contributed by atoms with Gasteiger partial charge in [0.1, 0.15) is 17.4 Å². The number of anilines is 1. The molecular formula is C28H37N5O4S. The molecule has 0 spiro atoms. The molecule has 2 saturated heterocycles. The zero-order chi connectivity index (χ0) is 26.7. The van der Waals surface area contributed by atoms with E-state index in [0.717, 1.165) is 54.9 Å². The van der Waals surface area contributed by atoms with E-state index in [9.17, 15) is 13.5 Å². The molecule has 204 valence electrons. The molecule has 2 aliphatic rings. The van der Waals surface area contributed by atoms with Crippen LogP contribution < -0.4 is 9.64 Å². The highest BCUT2D eigenvalue weighted by molar-refractivity contribution is 7.89. The molecular weight excluding hydrogens is 502 g/mol. The molecule has 1 atom stereocenters. The number of piperidine rings is 1. The van der Waals surface area contributed by atoms with Crippen molar-refractivity contribution in [3.8, 4) is 5.75 Å². The molecule has 3 aromatic rings. The summed E-state index contributed by atoms with van der Waals surface area (Å²) in [5.41, 5.74) is 0.928. The fourth-order valence-corrected chi connectivity index (χ4v) is 6.93. The van der Waals surface area contributed by atoms with E-state index in [2.05, 4.69) is 22.8 Å². The summed E-state index contributed by atoms with van der Waals surface area (Å²) in [5.74, 6) is 2.93. The number of para-hydroxylation sites is 1. The van der Waals surface area contributed by atoms with Gasteiger partial charge < -0.3 is 14.7 Å². The second-order valence-electron chi connectivity index (χ2n) is 10.2. The quantitative estimate of drug-likeness (QED) is 0.466. The Morgan fingerprint density at radius 3 is 2.32 bits per heavy atom. The van der Waals surface area contributed by atoms with Crippen LogP contribution >= 0.6 is 0 Å². The average Bonchev–Trinajstić information content (AvgIpc) is 2.97. The highest BCUT2D eigenvalue weighted by Gasteiger charge is 2.32. The molecule has 1 aromatic heterocycles. The first-order valence-corrected chi connectivity index (χ1v) is 14.9. The number of piperazine rings is 1. The lowest BCUT2D eigenvalue weighted by Gasteiger charge is -2.37. The van der Waals surface area contributed by atoms with Gasteiger partial charge in [-0.1, -0.05) is 12.1 Å². The van der Waals surface area contributed by atoms with Gasteiger partial charge in [0.2, 0.25) is 10.0 Å². The maximum Gasteiger partial charge on any atom is 0.243 e. The van der Waals surface area contributed by atoms with Crippen molar-refractivity contribution in [1.29, 1.82) is 0 Å². The first kappa shape index (κ1) is 26.8. The molecule has 38 heavy (non-hydrogen) atoms. The third-order valence-electron chi connectivity index (χ3n) is 7.94. The van der Waals surface area contributed by atoms with Crippen molar-refractivity contribution in [2.75, 3.05) is 57.9 Å². The third-order valence-corrected chi connectivity index (χ3v) is 9.86. The minimum atomic E-state index is -3.56. The Balaban J connectivity index is 1.31. The highest BCUT2D eigenvalue weighted by Crippen LogP contribution is 2.31. The van der Waals surface area contributed by atoms with Crippen LogP contribution in [0.5, 0.6) is 5.75 Å². The van der Waals surface area contributed by atoms with E-state index in [1.54, 1.807) is 35.7 Å². The van der Waals surface area contributed by atoms with Crippen LogP contribution in [0.2, 0.25) is 0 Å². The number of sulfonamides is 1. The molecule has 2 aromatic carbocycles. The standard InChI is InChI=1S/C28H37N5O4S/c1-21(31-16-18-33(19-17-31)38(35,36)24-9-7-23(37-2)8-10-24)27-29-26-6-4-3-5-25(26)28(30-27)32-14-11-22(12-15-32)13-20-34/h3-10,21-22,34H,11-20H2,1-2H3. The summed E-state index contributed by atoms with van der Waals surface area (Å²) in [7, 11) is -2.00. The Morgan fingerprint density at radius 2 is 1.66 bits per heavy atom. The fourth-order valence-electron chi connectivity index (χ4n) is 5.51. The van der Waals surface area contributed by atoms with E-state index in [1.165, 1.54) is 0 Å². The van der Waals surface area contributed by atoms with Crippen LogP contribution in [0.1, 0.15) is 38.1 Å². The summed E-state index contributed by atoms with van der Waals surface area (Å²) in [6.45, 7) is 6.23. The number of nitrogens with zero attached hydrogens (tertiary/aromatic N) is 5. The van der Waals surface area contributed by atoms with Gasteiger partial charge in [0.05, 0.1) is 23.6 Å². The monoisotopic (exact) mass is 539 g/mol. The van der Waals surface area contributed by atoms with Crippen molar-refractivity contribution in [3.63, 3.8) is 0 Å². The van der Waals surface area contributed by atoms with Gasteiger partial charge in [-0.2, -0.15) is 4.31 Å². The molecule has 2 fully saturated rings. The van der Waals surface area contributed by atoms with E-state index in [4.69, 9.17) is 14.7 Å². The van der Waals surface area contributed by atoms with Gasteiger partial charge >= 0.3 is 0 Å². The number of fused-ring (bicyclic) bond motifs is 1. The number of aliphatic hydroxyl groups is 1. The van der Waals surface area contributed by atoms with Crippen LogP contribution in [0.3, 0.4) is 0 Å². The summed E-state index contributed by atoms with van der Waals surface area (Å²) in [4.78, 5) is 14.9. The molecule has 10 heteroatoms. The van der Waals surface area contributed by atoms with Crippen molar-refractivity contribution < 1.29 is 18.3 Å². The van der Waals surface area contributed by atoms with Crippen LogP contribution in [0.25, 0.3) is 10.9 Å². The van der Waals surface area contributed by atoms with Crippen LogP contribution in [-0.4, -0.2) is 85.7 Å². The summed E-state index contributed by atoms with van der Waals surface area (Å²) in [5, 5.41) is 10.4. The Kier molecular flexibility index (Phi) is 8.13. The number of rotatable bonds is 8. The van der Waals surface area contributed by atoms with E-state index in [0.29, 0.717) is 37.8 Å². The molecule has 0 aliphatic carbocycles. The second-order valence-corrected chi connectivity index (χ2v) is 12.1. The number of hydrogen-bond acceptors (Lipinski definition) is 8. The summed E-state index contributed by atoms with van der Waals surface area (Å²) in [6, 6.07) is 14.7. The van der Waals surface area contributed by atoms with Crippen molar-refractivity contribution in [2.24, 2.45) is 5.92 Å². The maximum absolute atomic E-state index is 13.2. The molecule has 0 amide bonds. The van der Waals surface area contributed by atoms with Crippen molar-refractivity contribution in [3.05, 3.63) is 54.4 Å². The minimum Gasteiger partial charge on any atom is -0.497 e. The summed E-state index contributed by atoms with van der Waals surface area (Å²) < 4.78 is 33.1. The molecule has 1 unspecified atom stereocenters. The number of aromatic nitrogens is 2. The van der Waals surface area contributed by atoms with Gasteiger partial charge in [-0.25, -0.2) is 18.4 Å². The van der Waals surface area contributed by atoms with Crippen LogP contribution in [-0.2, 0) is 10.0 Å². The molecule has 0 radical (unpaired) electrons. The fraction of sp³-hybridized carbons (Fsp3) is 0.500. The van der Waals surface area contributed by atoms with Crippen molar-refractivity contribution >= 4 is 26.7 Å². The number of ether oxygens (including phenoxy) is 1. The summed E-state index contributed by atoms with van der Waals surface area (Å²) in [6.07, 6.45) is 2.96. The molecule has 5 rings (SSSR count). The SMILES string of the molecule is COc1ccc(S(=O)(=O)N2CCN(C(C)c3nc(N4CCC(CCO)CC4)c4ccccc4n3)CC2)cc1. The van der Waals surface area contributed by atoms with Gasteiger partial charge in [0.25, 0.3) is 0 Å². The van der Waals surface area contributed by atoms with Crippen molar-refractivity contribution in [2.45, 2.75) is 37.1 Å². The lowest BCUT2D eigenvalue weighted by Crippen LogP contribution is -2.49. The average molecular weight is 540 g/mol. The molecule has 9 nitrogen and oxygen atoms in total. The number of benzene rings is 2. The van der Waals surface area contributed by atoms with Crippen molar-refractivity contribution in [1.82, 2.24) is 19.2 Å². The normalized spacial score (nSPS) is 19.1. The Labute approximate surface area is 225 Å². The predicted octanol–water partition coefficient (Wildman–Crippen LogP) is 3.30. The summed E-state index contributed by atoms with van der Waals surface area (Å²) >= 11 is 0. The lowest BCUT2D eigenvalue weighted by molar-refractivity contribution is 0.141. The van der Waals surface area contributed by atoms with Gasteiger partial charge in [0, 0.05) is 51.3 Å². The zero-order valence-corrected chi connectivity index (χ0v) is 23.0. The van der Waals surface area contributed by atoms with Gasteiger partial charge in [-0.3, -0.25) is 4.90 Å². The van der Waals surface area contributed by atoms with Gasteiger partial charge in [-0.15, -0.1) is 0 Å². The molecule has 0 bridgehead atoms. The number of hydrogen-bond donors (Lipinski definition) is 1. The first-order valence-electron chi connectivity index (χ1n) is 13.4. The Hall–Kier alpha value is -2.79. The maximum atomic E-state index is 13.2. The van der Waals surface area contributed by atoms with Crippen LogP contribution in [0.4, 0.5) is 5.82 Å². The number of methoxy groups -OCH3 is 1. The largest absolute Gasteiger partial charge is 0.497 e. The number of aliphatic hydroxyl groups excluding tert-OH is 1. The van der Waals surface area contributed by atoms with E-state index in [-0.39, 0.29) is 17.5 Å². The predicted molar refractivity (Wildman–Crippen MR) is 148 cm³/mol. The van der Waals surface area contributed by atoms with Crippen LogP contribution in [0, 0.1) is 5.92 Å². The van der Waals surface area contributed by atoms with Gasteiger partial charge in [-0.05, 0) is 68.5 Å². The zero-order valence-electron chi connectivity index (χ0n) is 22.2. The third kappa shape index (κ3) is 5.49. The molecule has 3 heterocycles. The highest BCUT2D eigenvalue weighted by atomic mass is 32.2. The smallest absolute Gasteiger partial charge is 0.243 e. The van der Waals surface area contributed by atoms with E-state index >= 15 is 0 Å². The Morgan fingerprint density at radius 1 is 0.974 bits per heavy atom. The Bertz CT molecular complexity index is 1340. The molecule has 1 N–H and O–H groups in total. The topological polar surface area (TPSA) is 99.1 Å². The van der Waals surface area contributed by atoms with Crippen LogP contribution in [0.15, 0.2) is 53.4 Å². The lowest BCUT2D eigenvalue weighted by atomic mass is 9.94. The minimum absolute atomic E-state index is 0.0453. The first-order chi connectivity index (χ1) is 18.4. The van der Waals surface area contributed by atoms with E-state index in [1.807, 2.05) is 18.2 Å². The second kappa shape index (κ2) is 11.5.